The van der Waals surface area contributed by atoms with Crippen molar-refractivity contribution in [3.8, 4) is 11.7 Å². The molecule has 1 heterocycles. The first-order valence-electron chi connectivity index (χ1n) is 4.54. The average molecular weight is 271 g/mol. The number of benzene rings is 1. The number of ether oxygens (including phenoxy) is 1. The Balaban J connectivity index is 2.22. The molecule has 0 aliphatic heterocycles. The van der Waals surface area contributed by atoms with E-state index < -0.39 is 5.91 Å². The number of carbonyl (C=O) groups excluding carboxylic acids is 1. The fourth-order valence-corrected chi connectivity index (χ4v) is 1.71. The molecule has 2 aromatic rings. The van der Waals surface area contributed by atoms with E-state index in [2.05, 4.69) is 0 Å². The van der Waals surface area contributed by atoms with Crippen LogP contribution in [0.2, 0.25) is 10.0 Å². The van der Waals surface area contributed by atoms with E-state index in [-0.39, 0.29) is 11.7 Å². The van der Waals surface area contributed by atoms with Gasteiger partial charge in [-0.25, -0.2) is 0 Å². The quantitative estimate of drug-likeness (QED) is 0.852. The summed E-state index contributed by atoms with van der Waals surface area (Å²) in [6, 6.07) is 7.47. The number of hydrogen-bond donors (Lipinski definition) is 0. The molecule has 87 valence electrons. The molecule has 0 unspecified atom stereocenters. The summed E-state index contributed by atoms with van der Waals surface area (Å²) in [5.74, 6) is -0.517. The molecule has 1 N–H and O–H groups in total. The second-order valence-electron chi connectivity index (χ2n) is 3.16. The molecule has 4 nitrogen and oxygen atoms in total. The van der Waals surface area contributed by atoms with Crippen molar-refractivity contribution in [1.29, 1.82) is 0 Å². The fraction of sp³-hybridized carbons (Fsp3) is 0. The molecule has 0 aliphatic rings. The topological polar surface area (TPSA) is 63.2 Å². The lowest BCUT2D eigenvalue weighted by Crippen LogP contribution is -1.94. The zero-order chi connectivity index (χ0) is 12.4. The Bertz CT molecular complexity index is 545. The second-order valence-corrected chi connectivity index (χ2v) is 4.03. The molecule has 1 aromatic heterocycles. The Morgan fingerprint density at radius 3 is 2.35 bits per heavy atom. The molecule has 0 spiro atoms. The number of amides is 1. The minimum Gasteiger partial charge on any atom is -0.426 e. The minimum absolute atomic E-state index is 0.0897. The van der Waals surface area contributed by atoms with Gasteiger partial charge in [-0.05, 0) is 24.3 Å². The van der Waals surface area contributed by atoms with Crippen LogP contribution in [-0.4, -0.2) is 5.91 Å². The van der Waals surface area contributed by atoms with E-state index in [0.29, 0.717) is 15.8 Å². The fourth-order valence-electron chi connectivity index (χ4n) is 1.20. The monoisotopic (exact) mass is 270 g/mol. The highest BCUT2D eigenvalue weighted by atomic mass is 35.5. The Hall–Kier alpha value is -1.65. The van der Waals surface area contributed by atoms with Gasteiger partial charge in [0.05, 0.1) is 0 Å². The molecule has 6 heteroatoms. The van der Waals surface area contributed by atoms with E-state index in [1.54, 1.807) is 18.2 Å². The summed E-state index contributed by atoms with van der Waals surface area (Å²) in [4.78, 5) is 10.7. The molecule has 17 heavy (non-hydrogen) atoms. The van der Waals surface area contributed by atoms with Gasteiger partial charge in [-0.15, -0.1) is 0 Å². The SMILES string of the molecule is [NH]C(=O)c1ccc(Oc2cc(Cl)cc(Cl)c2)o1. The largest absolute Gasteiger partial charge is 0.426 e. The third-order valence-electron chi connectivity index (χ3n) is 1.86. The normalized spacial score (nSPS) is 10.2. The Labute approximate surface area is 107 Å². The third-order valence-corrected chi connectivity index (χ3v) is 2.30. The molecular formula is C11H6Cl2NO3. The van der Waals surface area contributed by atoms with Crippen molar-refractivity contribution in [2.75, 3.05) is 0 Å². The standard InChI is InChI=1S/C11H6Cl2NO3/c12-6-3-7(13)5-8(4-6)16-10-2-1-9(17-10)11(14)15/h1-5,14H. The first-order valence-corrected chi connectivity index (χ1v) is 5.30. The van der Waals surface area contributed by atoms with E-state index in [9.17, 15) is 4.79 Å². The predicted octanol–water partition coefficient (Wildman–Crippen LogP) is 3.80. The number of rotatable bonds is 3. The third kappa shape index (κ3) is 2.93. The number of carbonyl (C=O) groups is 1. The summed E-state index contributed by atoms with van der Waals surface area (Å²) in [6.45, 7) is 0. The lowest BCUT2D eigenvalue weighted by Gasteiger charge is -2.02. The van der Waals surface area contributed by atoms with Crippen LogP contribution in [0, 0.1) is 0 Å². The van der Waals surface area contributed by atoms with Gasteiger partial charge in [0, 0.05) is 16.1 Å². The van der Waals surface area contributed by atoms with E-state index in [0.717, 1.165) is 0 Å². The van der Waals surface area contributed by atoms with Gasteiger partial charge in [-0.3, -0.25) is 10.5 Å². The van der Waals surface area contributed by atoms with Gasteiger partial charge in [0.2, 0.25) is 0 Å². The summed E-state index contributed by atoms with van der Waals surface area (Å²) < 4.78 is 10.3. The minimum atomic E-state index is -0.913. The summed E-state index contributed by atoms with van der Waals surface area (Å²) in [5, 5.41) is 0.853. The van der Waals surface area contributed by atoms with Crippen molar-refractivity contribution in [1.82, 2.24) is 5.73 Å². The van der Waals surface area contributed by atoms with Crippen molar-refractivity contribution >= 4 is 29.1 Å². The summed E-state index contributed by atoms with van der Waals surface area (Å²) in [6.07, 6.45) is 0. The predicted molar refractivity (Wildman–Crippen MR) is 62.7 cm³/mol. The molecule has 0 aliphatic carbocycles. The summed E-state index contributed by atoms with van der Waals surface area (Å²) >= 11 is 11.6. The summed E-state index contributed by atoms with van der Waals surface area (Å²) in [5.41, 5.74) is 6.85. The van der Waals surface area contributed by atoms with Gasteiger partial charge >= 0.3 is 5.91 Å². The van der Waals surface area contributed by atoms with Crippen LogP contribution in [-0.2, 0) is 0 Å². The lowest BCUT2D eigenvalue weighted by atomic mass is 10.3. The van der Waals surface area contributed by atoms with Crippen molar-refractivity contribution < 1.29 is 13.9 Å². The molecule has 1 amide bonds. The second kappa shape index (κ2) is 4.69. The molecule has 0 fully saturated rings. The van der Waals surface area contributed by atoms with Crippen LogP contribution < -0.4 is 10.5 Å². The molecule has 1 aromatic carbocycles. The highest BCUT2D eigenvalue weighted by molar-refractivity contribution is 6.34. The highest BCUT2D eigenvalue weighted by Gasteiger charge is 2.09. The van der Waals surface area contributed by atoms with Crippen molar-refractivity contribution in [2.45, 2.75) is 0 Å². The van der Waals surface area contributed by atoms with Gasteiger partial charge < -0.3 is 9.15 Å². The van der Waals surface area contributed by atoms with Gasteiger partial charge in [-0.1, -0.05) is 23.2 Å². The van der Waals surface area contributed by atoms with Crippen molar-refractivity contribution in [3.63, 3.8) is 0 Å². The molecule has 2 rings (SSSR count). The molecule has 0 atom stereocenters. The van der Waals surface area contributed by atoms with Crippen LogP contribution in [0.5, 0.6) is 11.7 Å². The maximum Gasteiger partial charge on any atom is 0.305 e. The van der Waals surface area contributed by atoms with Crippen LogP contribution in [0.3, 0.4) is 0 Å². The molecule has 0 bridgehead atoms. The van der Waals surface area contributed by atoms with Gasteiger partial charge in [0.1, 0.15) is 5.75 Å². The van der Waals surface area contributed by atoms with E-state index in [1.165, 1.54) is 12.1 Å². The van der Waals surface area contributed by atoms with E-state index >= 15 is 0 Å². The van der Waals surface area contributed by atoms with Crippen LogP contribution in [0.15, 0.2) is 34.7 Å². The number of hydrogen-bond acceptors (Lipinski definition) is 3. The van der Waals surface area contributed by atoms with Gasteiger partial charge in [0.25, 0.3) is 5.95 Å². The van der Waals surface area contributed by atoms with Crippen LogP contribution >= 0.6 is 23.2 Å². The zero-order valence-corrected chi connectivity index (χ0v) is 9.88. The number of nitrogens with one attached hydrogen (secondary N) is 1. The first-order chi connectivity index (χ1) is 8.04. The zero-order valence-electron chi connectivity index (χ0n) is 8.37. The first kappa shape index (κ1) is 11.8. The Morgan fingerprint density at radius 2 is 1.82 bits per heavy atom. The van der Waals surface area contributed by atoms with Crippen LogP contribution in [0.4, 0.5) is 0 Å². The van der Waals surface area contributed by atoms with Crippen molar-refractivity contribution in [2.24, 2.45) is 0 Å². The van der Waals surface area contributed by atoms with Crippen LogP contribution in [0.25, 0.3) is 0 Å². The lowest BCUT2D eigenvalue weighted by molar-refractivity contribution is 0.0960. The maximum atomic E-state index is 10.7. The highest BCUT2D eigenvalue weighted by Crippen LogP contribution is 2.29. The van der Waals surface area contributed by atoms with Crippen molar-refractivity contribution in [3.05, 3.63) is 46.1 Å². The Kier molecular flexibility index (Phi) is 3.26. The van der Waals surface area contributed by atoms with E-state index in [1.807, 2.05) is 0 Å². The van der Waals surface area contributed by atoms with Crippen LogP contribution in [0.1, 0.15) is 10.6 Å². The Morgan fingerprint density at radius 1 is 1.18 bits per heavy atom. The van der Waals surface area contributed by atoms with Gasteiger partial charge in [-0.2, -0.15) is 0 Å². The number of halogens is 2. The maximum absolute atomic E-state index is 10.7. The molecule has 0 saturated carbocycles. The average Bonchev–Trinajstić information content (AvgIpc) is 2.64. The van der Waals surface area contributed by atoms with E-state index in [4.69, 9.17) is 38.1 Å². The molecular weight excluding hydrogens is 265 g/mol. The smallest absolute Gasteiger partial charge is 0.305 e. The number of furan rings is 1. The van der Waals surface area contributed by atoms with Gasteiger partial charge in [0.15, 0.2) is 5.76 Å². The molecule has 0 saturated heterocycles. The molecule has 1 radical (unpaired) electrons. The summed E-state index contributed by atoms with van der Waals surface area (Å²) in [7, 11) is 0.